The van der Waals surface area contributed by atoms with Crippen LogP contribution in [0.2, 0.25) is 0 Å². The molecule has 0 aliphatic carbocycles. The second-order valence-corrected chi connectivity index (χ2v) is 12.9. The van der Waals surface area contributed by atoms with Crippen molar-refractivity contribution in [2.75, 3.05) is 0 Å². The maximum absolute atomic E-state index is 9.70. The van der Waals surface area contributed by atoms with E-state index in [1.807, 2.05) is 121 Å². The molecule has 0 aliphatic heterocycles. The summed E-state index contributed by atoms with van der Waals surface area (Å²) in [4.78, 5) is 0. The summed E-state index contributed by atoms with van der Waals surface area (Å²) in [6.45, 7) is 0. The van der Waals surface area contributed by atoms with E-state index >= 15 is 0 Å². The molecular weight excluding hydrogens is 617 g/mol. The summed E-state index contributed by atoms with van der Waals surface area (Å²) < 4.78 is 81.5. The molecule has 0 spiro atoms. The summed E-state index contributed by atoms with van der Waals surface area (Å²) >= 11 is 0. The van der Waals surface area contributed by atoms with E-state index in [1.54, 1.807) is 0 Å². The number of benzene rings is 10. The van der Waals surface area contributed by atoms with Crippen molar-refractivity contribution in [3.05, 3.63) is 182 Å². The number of hydrogen-bond acceptors (Lipinski definition) is 1. The molecule has 0 saturated heterocycles. The minimum Gasteiger partial charge on any atom is -0.455 e. The topological polar surface area (TPSA) is 13.1 Å². The standard InChI is InChI=1S/C50H30O/c1-4-17-34-31(13-1)16-11-24-37(34)46-38-20-7-9-22-40(38)49(41-23-10-8-21-39(41)46)48-36-19-6-3-14-32(36)27-29-42(48)43-25-12-26-44-47-35-18-5-2-15-33(35)28-30-45(47)51-50(43)44/h1-30H/i7D,8D,9D,10D,20D,21D,22D,23D. The molecule has 0 atom stereocenters. The van der Waals surface area contributed by atoms with Crippen LogP contribution in [0.1, 0.15) is 11.0 Å². The second-order valence-electron chi connectivity index (χ2n) is 12.9. The van der Waals surface area contributed by atoms with Gasteiger partial charge in [-0.1, -0.05) is 176 Å². The summed E-state index contributed by atoms with van der Waals surface area (Å²) in [6.07, 6.45) is 0. The summed E-state index contributed by atoms with van der Waals surface area (Å²) in [5, 5.41) is 7.91. The fourth-order valence-corrected chi connectivity index (χ4v) is 8.13. The molecule has 1 heterocycles. The first-order chi connectivity index (χ1) is 28.7. The summed E-state index contributed by atoms with van der Waals surface area (Å²) in [6, 6.07) is 40.3. The van der Waals surface area contributed by atoms with Crippen LogP contribution in [-0.2, 0) is 0 Å². The highest BCUT2D eigenvalue weighted by Crippen LogP contribution is 2.50. The summed E-state index contributed by atoms with van der Waals surface area (Å²) in [7, 11) is 0. The lowest BCUT2D eigenvalue weighted by molar-refractivity contribution is 0.670. The Morgan fingerprint density at radius 1 is 0.333 bits per heavy atom. The monoisotopic (exact) mass is 654 g/mol. The zero-order chi connectivity index (χ0) is 40.4. The first kappa shape index (κ1) is 21.4. The normalized spacial score (nSPS) is 14.1. The van der Waals surface area contributed by atoms with E-state index in [9.17, 15) is 5.48 Å². The van der Waals surface area contributed by atoms with Crippen LogP contribution in [0.15, 0.2) is 186 Å². The fraction of sp³-hybridized carbons (Fsp3) is 0. The van der Waals surface area contributed by atoms with Crippen molar-refractivity contribution in [1.82, 2.24) is 0 Å². The molecule has 51 heavy (non-hydrogen) atoms. The van der Waals surface area contributed by atoms with Crippen LogP contribution >= 0.6 is 0 Å². The molecule has 0 radical (unpaired) electrons. The van der Waals surface area contributed by atoms with Crippen LogP contribution in [0, 0.1) is 0 Å². The van der Waals surface area contributed by atoms with Crippen LogP contribution in [-0.4, -0.2) is 0 Å². The van der Waals surface area contributed by atoms with E-state index in [4.69, 9.17) is 9.90 Å². The van der Waals surface area contributed by atoms with Gasteiger partial charge >= 0.3 is 0 Å². The number of rotatable bonds is 3. The minimum absolute atomic E-state index is 0.164. The maximum Gasteiger partial charge on any atom is 0.143 e. The molecule has 1 aromatic heterocycles. The first-order valence-electron chi connectivity index (χ1n) is 20.9. The van der Waals surface area contributed by atoms with E-state index in [1.165, 1.54) is 0 Å². The van der Waals surface area contributed by atoms with Crippen LogP contribution in [0.25, 0.3) is 109 Å². The van der Waals surface area contributed by atoms with Gasteiger partial charge in [-0.05, 0) is 87.7 Å². The quantitative estimate of drug-likeness (QED) is 0.173. The van der Waals surface area contributed by atoms with Gasteiger partial charge in [-0.2, -0.15) is 0 Å². The van der Waals surface area contributed by atoms with Crippen molar-refractivity contribution in [3.8, 4) is 33.4 Å². The molecule has 236 valence electrons. The van der Waals surface area contributed by atoms with Crippen molar-refractivity contribution < 1.29 is 15.4 Å². The van der Waals surface area contributed by atoms with E-state index in [2.05, 4.69) is 12.1 Å². The molecular formula is C50H30O. The highest BCUT2D eigenvalue weighted by atomic mass is 16.3. The average molecular weight is 655 g/mol. The number of hydrogen-bond donors (Lipinski definition) is 0. The number of fused-ring (bicyclic) bond motifs is 9. The largest absolute Gasteiger partial charge is 0.455 e. The Bertz CT molecular complexity index is 3580. The van der Waals surface area contributed by atoms with Crippen LogP contribution in [0.5, 0.6) is 0 Å². The molecule has 10 aromatic carbocycles. The smallest absolute Gasteiger partial charge is 0.143 e. The molecule has 1 nitrogen and oxygen atoms in total. The summed E-state index contributed by atoms with van der Waals surface area (Å²) in [5.74, 6) is 0. The Balaban J connectivity index is 1.41. The second kappa shape index (κ2) is 10.9. The van der Waals surface area contributed by atoms with Crippen molar-refractivity contribution in [2.24, 2.45) is 0 Å². The van der Waals surface area contributed by atoms with Gasteiger partial charge in [0.25, 0.3) is 0 Å². The molecule has 0 fully saturated rings. The van der Waals surface area contributed by atoms with E-state index in [0.717, 1.165) is 48.7 Å². The van der Waals surface area contributed by atoms with Crippen molar-refractivity contribution in [1.29, 1.82) is 0 Å². The summed E-state index contributed by atoms with van der Waals surface area (Å²) in [5.41, 5.74) is 4.52. The van der Waals surface area contributed by atoms with Gasteiger partial charge in [0.2, 0.25) is 0 Å². The van der Waals surface area contributed by atoms with E-state index in [-0.39, 0.29) is 45.7 Å². The number of para-hydroxylation sites is 1. The molecule has 0 aliphatic rings. The van der Waals surface area contributed by atoms with Crippen LogP contribution in [0.3, 0.4) is 0 Å². The molecule has 1 heteroatoms. The van der Waals surface area contributed by atoms with Gasteiger partial charge in [0.1, 0.15) is 11.2 Å². The Kier molecular flexibility index (Phi) is 4.57. The van der Waals surface area contributed by atoms with Crippen LogP contribution < -0.4 is 0 Å². The van der Waals surface area contributed by atoms with Gasteiger partial charge in [-0.3, -0.25) is 0 Å². The van der Waals surface area contributed by atoms with Gasteiger partial charge in [0.15, 0.2) is 0 Å². The fourth-order valence-electron chi connectivity index (χ4n) is 8.13. The van der Waals surface area contributed by atoms with E-state index in [0.29, 0.717) is 39.0 Å². The predicted octanol–water partition coefficient (Wildman–Crippen LogP) is 14.4. The molecule has 11 rings (SSSR count). The third-order valence-corrected chi connectivity index (χ3v) is 10.3. The zero-order valence-electron chi connectivity index (χ0n) is 35.1. The average Bonchev–Trinajstić information content (AvgIpc) is 3.67. The third kappa shape index (κ3) is 4.09. The lowest BCUT2D eigenvalue weighted by Crippen LogP contribution is -1.94. The molecule has 11 aromatic rings. The van der Waals surface area contributed by atoms with Gasteiger partial charge in [-0.25, -0.2) is 0 Å². The lowest BCUT2D eigenvalue weighted by atomic mass is 9.81. The Hall–Kier alpha value is -6.70. The molecule has 0 bridgehead atoms. The van der Waals surface area contributed by atoms with Crippen LogP contribution in [0.4, 0.5) is 0 Å². The Morgan fingerprint density at radius 2 is 0.843 bits per heavy atom. The highest BCUT2D eigenvalue weighted by Gasteiger charge is 2.23. The Labute approximate surface area is 305 Å². The van der Waals surface area contributed by atoms with Crippen molar-refractivity contribution in [2.45, 2.75) is 0 Å². The van der Waals surface area contributed by atoms with Crippen molar-refractivity contribution in [3.63, 3.8) is 0 Å². The molecule has 0 N–H and O–H groups in total. The van der Waals surface area contributed by atoms with Crippen molar-refractivity contribution >= 4 is 75.8 Å². The van der Waals surface area contributed by atoms with Gasteiger partial charge < -0.3 is 4.42 Å². The SMILES string of the molecule is [2H]c1c([2H])c([2H])c2c(-c3c(-c4cccc5c4oc4ccc6ccccc6c45)ccc4ccccc34)c3c([2H])c([2H])c([2H])c([2H])c3c(-c3cccc4ccccc34)c2c1[2H]. The van der Waals surface area contributed by atoms with E-state index < -0.39 is 24.2 Å². The maximum atomic E-state index is 9.70. The lowest BCUT2D eigenvalue weighted by Gasteiger charge is -2.22. The van der Waals surface area contributed by atoms with Gasteiger partial charge in [-0.15, -0.1) is 0 Å². The first-order valence-corrected chi connectivity index (χ1v) is 16.9. The zero-order valence-corrected chi connectivity index (χ0v) is 27.1. The molecule has 0 saturated carbocycles. The van der Waals surface area contributed by atoms with Gasteiger partial charge in [0, 0.05) is 16.3 Å². The third-order valence-electron chi connectivity index (χ3n) is 10.3. The molecule has 0 unspecified atom stereocenters. The molecule has 0 amide bonds. The Morgan fingerprint density at radius 3 is 1.57 bits per heavy atom. The van der Waals surface area contributed by atoms with Gasteiger partial charge in [0.05, 0.1) is 11.0 Å². The number of furan rings is 1. The highest BCUT2D eigenvalue weighted by molar-refractivity contribution is 6.28. The predicted molar refractivity (Wildman–Crippen MR) is 218 cm³/mol. The minimum atomic E-state index is -0.444.